The quantitative estimate of drug-likeness (QED) is 0.895. The van der Waals surface area contributed by atoms with E-state index in [0.29, 0.717) is 24.7 Å². The highest BCUT2D eigenvalue weighted by Crippen LogP contribution is 2.51. The standard InChI is InChI=1S/C19H25NO/c1-14(2)15-7-9-19(21,10-8-15)18(13-20)11-16-5-3-4-6-17(16)12-18/h3-6,14-15,21H,7-12H2,1-2H3. The average Bonchev–Trinajstić information content (AvgIpc) is 2.88. The Kier molecular flexibility index (Phi) is 3.58. The van der Waals surface area contributed by atoms with Crippen molar-refractivity contribution in [1.82, 2.24) is 0 Å². The summed E-state index contributed by atoms with van der Waals surface area (Å²) in [6, 6.07) is 10.8. The van der Waals surface area contributed by atoms with E-state index >= 15 is 0 Å². The van der Waals surface area contributed by atoms with E-state index in [1.165, 1.54) is 11.1 Å². The second-order valence-corrected chi connectivity index (χ2v) is 7.43. The van der Waals surface area contributed by atoms with Crippen molar-refractivity contribution < 1.29 is 5.11 Å². The molecule has 1 N–H and O–H groups in total. The van der Waals surface area contributed by atoms with Crippen LogP contribution in [0, 0.1) is 28.6 Å². The molecule has 3 rings (SSSR count). The molecule has 0 spiro atoms. The average molecular weight is 283 g/mol. The van der Waals surface area contributed by atoms with Gasteiger partial charge in [-0.15, -0.1) is 0 Å². The van der Waals surface area contributed by atoms with Crippen LogP contribution in [0.2, 0.25) is 0 Å². The molecule has 0 amide bonds. The minimum absolute atomic E-state index is 0.612. The molecule has 0 radical (unpaired) electrons. The van der Waals surface area contributed by atoms with Gasteiger partial charge in [0.25, 0.3) is 0 Å². The van der Waals surface area contributed by atoms with Gasteiger partial charge in [-0.2, -0.15) is 5.26 Å². The van der Waals surface area contributed by atoms with Crippen molar-refractivity contribution in [2.45, 2.75) is 58.0 Å². The van der Waals surface area contributed by atoms with E-state index in [1.807, 2.05) is 12.1 Å². The molecule has 0 unspecified atom stereocenters. The van der Waals surface area contributed by atoms with Crippen molar-refractivity contribution in [3.8, 4) is 6.07 Å². The first-order valence-corrected chi connectivity index (χ1v) is 8.20. The van der Waals surface area contributed by atoms with Gasteiger partial charge in [0.05, 0.1) is 17.1 Å². The Morgan fingerprint density at radius 3 is 2.10 bits per heavy atom. The fraction of sp³-hybridized carbons (Fsp3) is 0.632. The van der Waals surface area contributed by atoms with Crippen LogP contribution in [0.3, 0.4) is 0 Å². The Bertz CT molecular complexity index is 536. The first-order chi connectivity index (χ1) is 10.00. The minimum Gasteiger partial charge on any atom is -0.388 e. The fourth-order valence-corrected chi connectivity index (χ4v) is 4.39. The summed E-state index contributed by atoms with van der Waals surface area (Å²) in [7, 11) is 0. The SMILES string of the molecule is CC(C)C1CCC(O)(C2(C#N)Cc3ccccc3C2)CC1. The summed E-state index contributed by atoms with van der Waals surface area (Å²) < 4.78 is 0. The van der Waals surface area contributed by atoms with Crippen LogP contribution in [0.1, 0.15) is 50.7 Å². The van der Waals surface area contributed by atoms with Gasteiger partial charge < -0.3 is 5.11 Å². The number of aliphatic hydroxyl groups is 1. The Hall–Kier alpha value is -1.33. The van der Waals surface area contributed by atoms with Gasteiger partial charge in [0.1, 0.15) is 0 Å². The number of hydrogen-bond acceptors (Lipinski definition) is 2. The Labute approximate surface area is 127 Å². The molecule has 2 nitrogen and oxygen atoms in total. The summed E-state index contributed by atoms with van der Waals surface area (Å²) in [6.07, 6.45) is 5.07. The van der Waals surface area contributed by atoms with E-state index in [4.69, 9.17) is 0 Å². The predicted octanol–water partition coefficient (Wildman–Crippen LogP) is 3.87. The van der Waals surface area contributed by atoms with Crippen LogP contribution in [0.15, 0.2) is 24.3 Å². The highest BCUT2D eigenvalue weighted by Gasteiger charge is 2.54. The third-order valence-corrected chi connectivity index (χ3v) is 6.01. The largest absolute Gasteiger partial charge is 0.388 e. The van der Waals surface area contributed by atoms with Gasteiger partial charge in [-0.05, 0) is 61.5 Å². The van der Waals surface area contributed by atoms with Crippen molar-refractivity contribution in [1.29, 1.82) is 5.26 Å². The molecule has 112 valence electrons. The summed E-state index contributed by atoms with van der Waals surface area (Å²) in [5, 5.41) is 21.1. The van der Waals surface area contributed by atoms with E-state index in [9.17, 15) is 10.4 Å². The van der Waals surface area contributed by atoms with Crippen LogP contribution in [0.25, 0.3) is 0 Å². The van der Waals surface area contributed by atoms with E-state index in [2.05, 4.69) is 32.0 Å². The molecule has 0 aliphatic heterocycles. The molecular weight excluding hydrogens is 258 g/mol. The van der Waals surface area contributed by atoms with Crippen LogP contribution in [-0.4, -0.2) is 10.7 Å². The minimum atomic E-state index is -0.813. The van der Waals surface area contributed by atoms with Crippen molar-refractivity contribution in [2.24, 2.45) is 17.3 Å². The smallest absolute Gasteiger partial charge is 0.0940 e. The Balaban J connectivity index is 1.84. The van der Waals surface area contributed by atoms with Crippen LogP contribution in [0.4, 0.5) is 0 Å². The zero-order valence-corrected chi connectivity index (χ0v) is 13.1. The summed E-state index contributed by atoms with van der Waals surface area (Å²) >= 11 is 0. The molecule has 1 fully saturated rings. The van der Waals surface area contributed by atoms with Gasteiger partial charge in [-0.3, -0.25) is 0 Å². The highest BCUT2D eigenvalue weighted by molar-refractivity contribution is 5.39. The lowest BCUT2D eigenvalue weighted by molar-refractivity contribution is -0.0907. The number of hydrogen-bond donors (Lipinski definition) is 1. The summed E-state index contributed by atoms with van der Waals surface area (Å²) in [4.78, 5) is 0. The van der Waals surface area contributed by atoms with E-state index in [0.717, 1.165) is 25.7 Å². The molecule has 2 heteroatoms. The number of benzene rings is 1. The molecule has 1 saturated carbocycles. The predicted molar refractivity (Wildman–Crippen MR) is 83.6 cm³/mol. The summed E-state index contributed by atoms with van der Waals surface area (Å²) in [6.45, 7) is 4.53. The van der Waals surface area contributed by atoms with Gasteiger partial charge in [-0.1, -0.05) is 38.1 Å². The maximum absolute atomic E-state index is 11.3. The first-order valence-electron chi connectivity index (χ1n) is 8.20. The zero-order valence-electron chi connectivity index (χ0n) is 13.1. The highest BCUT2D eigenvalue weighted by atomic mass is 16.3. The topological polar surface area (TPSA) is 44.0 Å². The van der Waals surface area contributed by atoms with Gasteiger partial charge >= 0.3 is 0 Å². The van der Waals surface area contributed by atoms with Crippen molar-refractivity contribution >= 4 is 0 Å². The second-order valence-electron chi connectivity index (χ2n) is 7.43. The second kappa shape index (κ2) is 5.14. The van der Waals surface area contributed by atoms with Crippen LogP contribution >= 0.6 is 0 Å². The number of rotatable bonds is 2. The lowest BCUT2D eigenvalue weighted by Gasteiger charge is -2.45. The lowest BCUT2D eigenvalue weighted by Crippen LogP contribution is -2.51. The van der Waals surface area contributed by atoms with E-state index in [1.54, 1.807) is 0 Å². The van der Waals surface area contributed by atoms with Gasteiger partial charge in [0.15, 0.2) is 0 Å². The number of nitrogens with zero attached hydrogens (tertiary/aromatic N) is 1. The van der Waals surface area contributed by atoms with Crippen LogP contribution in [0.5, 0.6) is 0 Å². The maximum Gasteiger partial charge on any atom is 0.0940 e. The molecule has 1 aromatic carbocycles. The Morgan fingerprint density at radius 2 is 1.67 bits per heavy atom. The monoisotopic (exact) mass is 283 g/mol. The summed E-state index contributed by atoms with van der Waals surface area (Å²) in [5.41, 5.74) is 1.07. The first kappa shape index (κ1) is 14.6. The summed E-state index contributed by atoms with van der Waals surface area (Å²) in [5.74, 6) is 1.37. The number of fused-ring (bicyclic) bond motifs is 1. The van der Waals surface area contributed by atoms with Crippen molar-refractivity contribution in [3.05, 3.63) is 35.4 Å². The van der Waals surface area contributed by atoms with Crippen LogP contribution < -0.4 is 0 Å². The molecule has 0 saturated heterocycles. The third kappa shape index (κ3) is 2.28. The van der Waals surface area contributed by atoms with Gasteiger partial charge in [0, 0.05) is 0 Å². The lowest BCUT2D eigenvalue weighted by atomic mass is 9.61. The van der Waals surface area contributed by atoms with Crippen molar-refractivity contribution in [3.63, 3.8) is 0 Å². The molecule has 2 aliphatic carbocycles. The molecule has 0 aromatic heterocycles. The molecule has 21 heavy (non-hydrogen) atoms. The Morgan fingerprint density at radius 1 is 1.14 bits per heavy atom. The van der Waals surface area contributed by atoms with E-state index in [-0.39, 0.29) is 0 Å². The normalized spacial score (nSPS) is 30.9. The van der Waals surface area contributed by atoms with Gasteiger partial charge in [0.2, 0.25) is 0 Å². The zero-order chi connectivity index (χ0) is 15.1. The van der Waals surface area contributed by atoms with E-state index < -0.39 is 11.0 Å². The molecule has 0 heterocycles. The maximum atomic E-state index is 11.3. The number of nitriles is 1. The molecule has 0 atom stereocenters. The molecule has 1 aromatic rings. The third-order valence-electron chi connectivity index (χ3n) is 6.01. The molecule has 0 bridgehead atoms. The van der Waals surface area contributed by atoms with Crippen molar-refractivity contribution in [2.75, 3.05) is 0 Å². The van der Waals surface area contributed by atoms with Gasteiger partial charge in [-0.25, -0.2) is 0 Å². The molecule has 2 aliphatic rings. The fourth-order valence-electron chi connectivity index (χ4n) is 4.39. The molecular formula is C19H25NO. The van der Waals surface area contributed by atoms with Crippen LogP contribution in [-0.2, 0) is 12.8 Å².